The molecule has 2 aromatic heterocycles. The molecule has 232 valence electrons. The van der Waals surface area contributed by atoms with Gasteiger partial charge < -0.3 is 24.7 Å². The molecule has 3 aromatic rings. The van der Waals surface area contributed by atoms with E-state index >= 15 is 0 Å². The van der Waals surface area contributed by atoms with E-state index < -0.39 is 53.7 Å². The second kappa shape index (κ2) is 13.4. The molecule has 2 aliphatic rings. The molecule has 2 aliphatic heterocycles. The van der Waals surface area contributed by atoms with Gasteiger partial charge in [-0.2, -0.15) is 10.4 Å². The average Bonchev–Trinajstić information content (AvgIpc) is 3.58. The zero-order valence-electron chi connectivity index (χ0n) is 24.9. The molecule has 1 aromatic carbocycles. The maximum atomic E-state index is 13.5. The van der Waals surface area contributed by atoms with Gasteiger partial charge in [-0.3, -0.25) is 14.4 Å². The lowest BCUT2D eigenvalue weighted by atomic mass is 9.91. The fourth-order valence-electron chi connectivity index (χ4n) is 5.77. The highest BCUT2D eigenvalue weighted by Gasteiger charge is 2.63. The minimum Gasteiger partial charge on any atom is -0.463 e. The van der Waals surface area contributed by atoms with Crippen molar-refractivity contribution in [3.8, 4) is 6.07 Å². The molecule has 2 fully saturated rings. The number of anilines is 1. The van der Waals surface area contributed by atoms with Gasteiger partial charge in [-0.1, -0.05) is 69.9 Å². The molecule has 2 N–H and O–H groups in total. The van der Waals surface area contributed by atoms with Gasteiger partial charge in [0.1, 0.15) is 30.6 Å². The Morgan fingerprint density at radius 1 is 1.05 bits per heavy atom. The van der Waals surface area contributed by atoms with E-state index in [-0.39, 0.29) is 24.5 Å². The van der Waals surface area contributed by atoms with Crippen molar-refractivity contribution in [3.63, 3.8) is 0 Å². The summed E-state index contributed by atoms with van der Waals surface area (Å²) >= 11 is 0. The Morgan fingerprint density at radius 3 is 2.41 bits per heavy atom. The first-order valence-electron chi connectivity index (χ1n) is 15.0. The van der Waals surface area contributed by atoms with Crippen molar-refractivity contribution in [2.24, 2.45) is 11.8 Å². The molecule has 0 bridgehead atoms. The smallest absolute Gasteiger partial charge is 0.310 e. The Labute approximate surface area is 255 Å². The topological polar surface area (TPSA) is 168 Å². The number of nitriles is 1. The third-order valence-electron chi connectivity index (χ3n) is 8.36. The summed E-state index contributed by atoms with van der Waals surface area (Å²) in [5.74, 6) is -2.38. The van der Waals surface area contributed by atoms with Crippen molar-refractivity contribution in [3.05, 3.63) is 60.0 Å². The predicted molar refractivity (Wildman–Crippen MR) is 156 cm³/mol. The predicted octanol–water partition coefficient (Wildman–Crippen LogP) is 3.67. The summed E-state index contributed by atoms with van der Waals surface area (Å²) in [5, 5.41) is 15.1. The van der Waals surface area contributed by atoms with Gasteiger partial charge in [-0.25, -0.2) is 9.50 Å². The van der Waals surface area contributed by atoms with Crippen molar-refractivity contribution >= 4 is 29.2 Å². The lowest BCUT2D eigenvalue weighted by Crippen LogP contribution is -2.47. The molecule has 5 rings (SSSR count). The number of carbonyl (C=O) groups excluding carboxylic acids is 3. The lowest BCUT2D eigenvalue weighted by molar-refractivity contribution is -0.174. The largest absolute Gasteiger partial charge is 0.463 e. The summed E-state index contributed by atoms with van der Waals surface area (Å²) in [5.41, 5.74) is 5.43. The number of nitrogens with two attached hydrogens (primary N) is 1. The summed E-state index contributed by atoms with van der Waals surface area (Å²) in [6, 6.07) is 14.5. The molecule has 0 amide bonds. The molecule has 6 atom stereocenters. The third-order valence-corrected chi connectivity index (χ3v) is 8.36. The summed E-state index contributed by atoms with van der Waals surface area (Å²) in [7, 11) is 0. The minimum atomic E-state index is -2.00. The summed E-state index contributed by atoms with van der Waals surface area (Å²) in [6.07, 6.45) is 2.15. The van der Waals surface area contributed by atoms with Crippen LogP contribution in [0.1, 0.15) is 63.6 Å². The average molecular weight is 604 g/mol. The number of fused-ring (bicyclic) bond motifs is 2. The number of aromatic nitrogens is 3. The van der Waals surface area contributed by atoms with Crippen molar-refractivity contribution in [2.45, 2.75) is 82.7 Å². The van der Waals surface area contributed by atoms with Crippen LogP contribution in [0.4, 0.5) is 5.82 Å². The Balaban J connectivity index is 1.54. The van der Waals surface area contributed by atoms with Gasteiger partial charge in [-0.05, 0) is 30.5 Å². The molecule has 0 radical (unpaired) electrons. The molecule has 0 spiro atoms. The van der Waals surface area contributed by atoms with Crippen LogP contribution in [-0.2, 0) is 45.4 Å². The third kappa shape index (κ3) is 6.38. The highest BCUT2D eigenvalue weighted by molar-refractivity contribution is 5.74. The molecule has 44 heavy (non-hydrogen) atoms. The van der Waals surface area contributed by atoms with E-state index in [0.29, 0.717) is 18.4 Å². The summed E-state index contributed by atoms with van der Waals surface area (Å²) in [6.45, 7) is 3.19. The molecule has 4 heterocycles. The van der Waals surface area contributed by atoms with Gasteiger partial charge in [0.05, 0.1) is 24.0 Å². The first-order valence-corrected chi connectivity index (χ1v) is 15.0. The van der Waals surface area contributed by atoms with Crippen molar-refractivity contribution < 1.29 is 33.3 Å². The first-order chi connectivity index (χ1) is 21.2. The zero-order valence-corrected chi connectivity index (χ0v) is 24.9. The van der Waals surface area contributed by atoms with Crippen LogP contribution in [0.15, 0.2) is 48.8 Å². The molecule has 0 saturated carbocycles. The second-order valence-corrected chi connectivity index (χ2v) is 11.6. The standard InChI is InChI=1S/C32H37N5O7/c1-20-10-6-3-4-7-11-21(2)31(40)43-28-27(42-30(20)39)24(17-41-26(38)16-22-12-8-5-9-13-22)44-32(28,18-33)25-15-14-23-29(34)35-19-36-37(23)25/h5,8-9,12-15,19-21,24,27-28H,3-4,6-7,10-11,16-17H2,1-2H3,(H2,34,35,36)/t20-,21-,24+,27+,28+,32-/m0/s1. The van der Waals surface area contributed by atoms with E-state index in [1.54, 1.807) is 38.1 Å². The lowest BCUT2D eigenvalue weighted by Gasteiger charge is -2.30. The van der Waals surface area contributed by atoms with Crippen LogP contribution in [0.25, 0.3) is 5.52 Å². The van der Waals surface area contributed by atoms with E-state index in [1.165, 1.54) is 10.8 Å². The van der Waals surface area contributed by atoms with Crippen molar-refractivity contribution in [1.29, 1.82) is 5.26 Å². The number of esters is 3. The van der Waals surface area contributed by atoms with Gasteiger partial charge >= 0.3 is 17.9 Å². The van der Waals surface area contributed by atoms with Gasteiger partial charge in [0.25, 0.3) is 0 Å². The fourth-order valence-corrected chi connectivity index (χ4v) is 5.77. The molecule has 0 aliphatic carbocycles. The molecule has 2 saturated heterocycles. The second-order valence-electron chi connectivity index (χ2n) is 11.6. The number of carbonyl (C=O) groups is 3. The Bertz CT molecular complexity index is 1540. The molecular formula is C32H37N5O7. The first kappa shape index (κ1) is 30.9. The molecular weight excluding hydrogens is 566 g/mol. The molecule has 12 nitrogen and oxygen atoms in total. The van der Waals surface area contributed by atoms with E-state index in [0.717, 1.165) is 31.2 Å². The number of nitrogens with zero attached hydrogens (tertiary/aromatic N) is 4. The number of rotatable bonds is 5. The number of hydrogen-bond acceptors (Lipinski definition) is 11. The SMILES string of the molecule is C[C@H]1CCCCCC[C@H](C)C(=O)O[C@@H]2[C@H](OC1=O)[C@@H](COC(=O)Cc1ccccc1)O[C@@]2(C#N)c1ccc2c(N)ncnn12. The highest BCUT2D eigenvalue weighted by atomic mass is 16.7. The summed E-state index contributed by atoms with van der Waals surface area (Å²) < 4.78 is 25.5. The van der Waals surface area contributed by atoms with E-state index in [2.05, 4.69) is 16.2 Å². The Morgan fingerprint density at radius 2 is 1.73 bits per heavy atom. The number of ether oxygens (including phenoxy) is 4. The van der Waals surface area contributed by atoms with Crippen LogP contribution in [0, 0.1) is 23.2 Å². The van der Waals surface area contributed by atoms with E-state index in [4.69, 9.17) is 24.7 Å². The number of hydrogen-bond donors (Lipinski definition) is 1. The minimum absolute atomic E-state index is 0.00784. The van der Waals surface area contributed by atoms with Crippen LogP contribution in [0.2, 0.25) is 0 Å². The van der Waals surface area contributed by atoms with Gasteiger partial charge in [0.2, 0.25) is 5.60 Å². The quantitative estimate of drug-likeness (QED) is 0.334. The molecule has 0 unspecified atom stereocenters. The van der Waals surface area contributed by atoms with Gasteiger partial charge in [-0.15, -0.1) is 0 Å². The number of nitrogen functional groups attached to an aromatic ring is 1. The van der Waals surface area contributed by atoms with Crippen LogP contribution in [0.3, 0.4) is 0 Å². The normalized spacial score (nSPS) is 28.2. The zero-order chi connectivity index (χ0) is 31.3. The molecule has 12 heteroatoms. The van der Waals surface area contributed by atoms with Gasteiger partial charge in [0.15, 0.2) is 18.0 Å². The van der Waals surface area contributed by atoms with E-state index in [9.17, 15) is 19.6 Å². The Kier molecular flexibility index (Phi) is 9.44. The Hall–Kier alpha value is -4.50. The van der Waals surface area contributed by atoms with Crippen LogP contribution in [-0.4, -0.2) is 57.4 Å². The fraction of sp³-hybridized carbons (Fsp3) is 0.500. The number of benzene rings is 1. The van der Waals surface area contributed by atoms with Crippen LogP contribution >= 0.6 is 0 Å². The highest BCUT2D eigenvalue weighted by Crippen LogP contribution is 2.44. The van der Waals surface area contributed by atoms with Crippen LogP contribution < -0.4 is 5.73 Å². The van der Waals surface area contributed by atoms with Gasteiger partial charge in [0, 0.05) is 0 Å². The monoisotopic (exact) mass is 603 g/mol. The van der Waals surface area contributed by atoms with Crippen molar-refractivity contribution in [1.82, 2.24) is 14.6 Å². The van der Waals surface area contributed by atoms with Crippen LogP contribution in [0.5, 0.6) is 0 Å². The van der Waals surface area contributed by atoms with Crippen molar-refractivity contribution in [2.75, 3.05) is 12.3 Å². The maximum Gasteiger partial charge on any atom is 0.310 e. The maximum absolute atomic E-state index is 13.5. The van der Waals surface area contributed by atoms with E-state index in [1.807, 2.05) is 18.2 Å². The summed E-state index contributed by atoms with van der Waals surface area (Å²) in [4.78, 5) is 43.7.